The van der Waals surface area contributed by atoms with E-state index in [2.05, 4.69) is 10.3 Å². The SMILES string of the molecule is CC(C)(C)c1nc2cc(NC(=O)[C@H]3CS[C@]4(C)CCC(=O)N34)ccc2o1. The van der Waals surface area contributed by atoms with Gasteiger partial charge in [0.2, 0.25) is 17.7 Å². The fourth-order valence-electron chi connectivity index (χ4n) is 3.57. The number of carbonyl (C=O) groups is 2. The number of thioether (sulfide) groups is 1. The maximum Gasteiger partial charge on any atom is 0.248 e. The zero-order chi connectivity index (χ0) is 18.7. The smallest absolute Gasteiger partial charge is 0.248 e. The van der Waals surface area contributed by atoms with E-state index in [0.717, 1.165) is 11.9 Å². The highest BCUT2D eigenvalue weighted by atomic mass is 32.2. The van der Waals surface area contributed by atoms with Crippen molar-refractivity contribution in [3.05, 3.63) is 24.1 Å². The Kier molecular flexibility index (Phi) is 3.84. The number of hydrogen-bond donors (Lipinski definition) is 1. The largest absolute Gasteiger partial charge is 0.440 e. The van der Waals surface area contributed by atoms with E-state index in [1.54, 1.807) is 16.7 Å². The van der Waals surface area contributed by atoms with Crippen LogP contribution >= 0.6 is 11.8 Å². The second kappa shape index (κ2) is 5.74. The molecule has 2 saturated heterocycles. The first kappa shape index (κ1) is 17.4. The highest BCUT2D eigenvalue weighted by molar-refractivity contribution is 8.01. The van der Waals surface area contributed by atoms with Crippen LogP contribution < -0.4 is 5.32 Å². The van der Waals surface area contributed by atoms with Crippen LogP contribution in [0.5, 0.6) is 0 Å². The molecule has 2 aromatic rings. The molecule has 1 N–H and O–H groups in total. The molecule has 0 radical (unpaired) electrons. The first-order chi connectivity index (χ1) is 12.2. The number of aromatic nitrogens is 1. The van der Waals surface area contributed by atoms with Gasteiger partial charge in [-0.25, -0.2) is 4.98 Å². The third-order valence-corrected chi connectivity index (χ3v) is 6.55. The molecule has 2 aliphatic rings. The second-order valence-corrected chi connectivity index (χ2v) is 9.71. The maximum absolute atomic E-state index is 12.8. The van der Waals surface area contributed by atoms with Gasteiger partial charge in [0.05, 0.1) is 4.87 Å². The fourth-order valence-corrected chi connectivity index (χ4v) is 5.00. The third kappa shape index (κ3) is 2.78. The molecule has 1 aromatic carbocycles. The number of nitrogens with zero attached hydrogens (tertiary/aromatic N) is 2. The zero-order valence-electron chi connectivity index (χ0n) is 15.5. The predicted octanol–water partition coefficient (Wildman–Crippen LogP) is 3.52. The predicted molar refractivity (Wildman–Crippen MR) is 102 cm³/mol. The minimum absolute atomic E-state index is 0.0689. The summed E-state index contributed by atoms with van der Waals surface area (Å²) in [6.45, 7) is 8.18. The van der Waals surface area contributed by atoms with E-state index < -0.39 is 6.04 Å². The minimum Gasteiger partial charge on any atom is -0.440 e. The number of rotatable bonds is 2. The number of nitrogens with one attached hydrogen (secondary N) is 1. The summed E-state index contributed by atoms with van der Waals surface area (Å²) in [5.74, 6) is 1.23. The second-order valence-electron chi connectivity index (χ2n) is 8.21. The molecule has 2 atom stereocenters. The number of benzene rings is 1. The van der Waals surface area contributed by atoms with Gasteiger partial charge in [-0.1, -0.05) is 20.8 Å². The van der Waals surface area contributed by atoms with E-state index in [4.69, 9.17) is 4.42 Å². The Morgan fingerprint density at radius 3 is 2.92 bits per heavy atom. The van der Waals surface area contributed by atoms with E-state index in [1.165, 1.54) is 0 Å². The summed E-state index contributed by atoms with van der Waals surface area (Å²) in [5.41, 5.74) is 1.91. The van der Waals surface area contributed by atoms with E-state index in [9.17, 15) is 9.59 Å². The monoisotopic (exact) mass is 373 g/mol. The van der Waals surface area contributed by atoms with Crippen LogP contribution in [-0.2, 0) is 15.0 Å². The molecule has 0 bridgehead atoms. The summed E-state index contributed by atoms with van der Waals surface area (Å²) in [6, 6.07) is 5.03. The molecule has 2 aliphatic heterocycles. The van der Waals surface area contributed by atoms with E-state index in [1.807, 2.05) is 45.9 Å². The number of oxazole rings is 1. The average molecular weight is 373 g/mol. The van der Waals surface area contributed by atoms with Crippen molar-refractivity contribution in [3.63, 3.8) is 0 Å². The molecule has 7 heteroatoms. The minimum atomic E-state index is -0.418. The summed E-state index contributed by atoms with van der Waals surface area (Å²) in [7, 11) is 0. The van der Waals surface area contributed by atoms with Crippen molar-refractivity contribution < 1.29 is 14.0 Å². The number of hydrogen-bond acceptors (Lipinski definition) is 5. The molecule has 0 saturated carbocycles. The lowest BCUT2D eigenvalue weighted by molar-refractivity contribution is -0.135. The maximum atomic E-state index is 12.8. The molecule has 138 valence electrons. The summed E-state index contributed by atoms with van der Waals surface area (Å²) >= 11 is 1.69. The lowest BCUT2D eigenvalue weighted by Gasteiger charge is -2.29. The molecule has 0 aliphatic carbocycles. The molecule has 26 heavy (non-hydrogen) atoms. The van der Waals surface area contributed by atoms with Crippen molar-refractivity contribution in [3.8, 4) is 0 Å². The molecule has 2 amide bonds. The van der Waals surface area contributed by atoms with Crippen molar-refractivity contribution in [2.24, 2.45) is 0 Å². The molecule has 0 spiro atoms. The Morgan fingerprint density at radius 1 is 1.42 bits per heavy atom. The van der Waals surface area contributed by atoms with Gasteiger partial charge in [-0.2, -0.15) is 0 Å². The van der Waals surface area contributed by atoms with Gasteiger partial charge in [-0.15, -0.1) is 11.8 Å². The van der Waals surface area contributed by atoms with Gasteiger partial charge in [0.1, 0.15) is 11.6 Å². The molecular formula is C19H23N3O3S. The van der Waals surface area contributed by atoms with Crippen LogP contribution in [0.25, 0.3) is 11.1 Å². The normalized spacial score (nSPS) is 25.8. The van der Waals surface area contributed by atoms with Gasteiger partial charge in [-0.05, 0) is 31.5 Å². The lowest BCUT2D eigenvalue weighted by Crippen LogP contribution is -2.48. The Labute approximate surface area is 156 Å². The van der Waals surface area contributed by atoms with Crippen molar-refractivity contribution in [1.82, 2.24) is 9.88 Å². The molecule has 6 nitrogen and oxygen atoms in total. The highest BCUT2D eigenvalue weighted by Crippen LogP contribution is 2.47. The molecule has 0 unspecified atom stereocenters. The van der Waals surface area contributed by atoms with Gasteiger partial charge in [0.15, 0.2) is 5.58 Å². The Bertz CT molecular complexity index is 901. The average Bonchev–Trinajstić information content (AvgIpc) is 3.20. The Balaban J connectivity index is 1.55. The van der Waals surface area contributed by atoms with Crippen LogP contribution in [0.2, 0.25) is 0 Å². The summed E-state index contributed by atoms with van der Waals surface area (Å²) < 4.78 is 5.80. The topological polar surface area (TPSA) is 75.4 Å². The highest BCUT2D eigenvalue weighted by Gasteiger charge is 2.52. The summed E-state index contributed by atoms with van der Waals surface area (Å²) in [6.07, 6.45) is 1.33. The number of fused-ring (bicyclic) bond motifs is 2. The van der Waals surface area contributed by atoms with Crippen molar-refractivity contribution in [1.29, 1.82) is 0 Å². The van der Waals surface area contributed by atoms with Crippen LogP contribution in [0.4, 0.5) is 5.69 Å². The van der Waals surface area contributed by atoms with Crippen molar-refractivity contribution in [2.75, 3.05) is 11.1 Å². The Hall–Kier alpha value is -2.02. The summed E-state index contributed by atoms with van der Waals surface area (Å²) in [4.78, 5) is 31.1. The van der Waals surface area contributed by atoms with E-state index in [0.29, 0.717) is 29.3 Å². The van der Waals surface area contributed by atoms with Crippen molar-refractivity contribution >= 4 is 40.4 Å². The van der Waals surface area contributed by atoms with Crippen LogP contribution in [0.1, 0.15) is 46.4 Å². The molecule has 3 heterocycles. The van der Waals surface area contributed by atoms with Gasteiger partial charge >= 0.3 is 0 Å². The van der Waals surface area contributed by atoms with Crippen LogP contribution in [0.15, 0.2) is 22.6 Å². The van der Waals surface area contributed by atoms with Crippen LogP contribution in [-0.4, -0.2) is 38.4 Å². The Morgan fingerprint density at radius 2 is 2.19 bits per heavy atom. The standard InChI is InChI=1S/C19H23N3O3S/c1-18(2,3)17-21-12-9-11(5-6-14(12)25-17)20-16(24)13-10-26-19(4)8-7-15(23)22(13)19/h5-6,9,13H,7-8,10H2,1-4H3,(H,20,24)/t13-,19-/m1/s1. The van der Waals surface area contributed by atoms with E-state index >= 15 is 0 Å². The van der Waals surface area contributed by atoms with Crippen molar-refractivity contribution in [2.45, 2.75) is 56.9 Å². The molecular weight excluding hydrogens is 350 g/mol. The quantitative estimate of drug-likeness (QED) is 0.872. The van der Waals surface area contributed by atoms with E-state index in [-0.39, 0.29) is 22.1 Å². The van der Waals surface area contributed by atoms with Gasteiger partial charge < -0.3 is 14.6 Å². The van der Waals surface area contributed by atoms with Gasteiger partial charge in [-0.3, -0.25) is 9.59 Å². The van der Waals surface area contributed by atoms with Gasteiger partial charge in [0, 0.05) is 23.3 Å². The number of anilines is 1. The number of amides is 2. The molecule has 1 aromatic heterocycles. The zero-order valence-corrected chi connectivity index (χ0v) is 16.3. The number of carbonyl (C=O) groups excluding carboxylic acids is 2. The molecule has 4 rings (SSSR count). The third-order valence-electron chi connectivity index (χ3n) is 5.04. The molecule has 2 fully saturated rings. The van der Waals surface area contributed by atoms with Crippen LogP contribution in [0, 0.1) is 0 Å². The first-order valence-corrected chi connectivity index (χ1v) is 9.84. The summed E-state index contributed by atoms with van der Waals surface area (Å²) in [5, 5.41) is 2.95. The lowest BCUT2D eigenvalue weighted by atomic mass is 9.97. The van der Waals surface area contributed by atoms with Gasteiger partial charge in [0.25, 0.3) is 0 Å². The van der Waals surface area contributed by atoms with Crippen LogP contribution in [0.3, 0.4) is 0 Å². The first-order valence-electron chi connectivity index (χ1n) is 8.85. The fraction of sp³-hybridized carbons (Fsp3) is 0.526.